The van der Waals surface area contributed by atoms with E-state index in [1.807, 2.05) is 55.5 Å². The number of esters is 1. The molecule has 1 amide bonds. The van der Waals surface area contributed by atoms with Gasteiger partial charge in [0.2, 0.25) is 5.91 Å². The molecule has 5 rings (SSSR count). The van der Waals surface area contributed by atoms with E-state index >= 15 is 0 Å². The Labute approximate surface area is 260 Å². The van der Waals surface area contributed by atoms with Gasteiger partial charge in [-0.2, -0.15) is 0 Å². The van der Waals surface area contributed by atoms with E-state index < -0.39 is 5.25 Å². The van der Waals surface area contributed by atoms with Crippen LogP contribution in [0.25, 0.3) is 22.5 Å². The number of rotatable bonds is 10. The van der Waals surface area contributed by atoms with Gasteiger partial charge >= 0.3 is 5.97 Å². The minimum Gasteiger partial charge on any atom is -0.497 e. The number of aromatic amines is 1. The second kappa shape index (κ2) is 14.1. The zero-order valence-corrected chi connectivity index (χ0v) is 26.6. The van der Waals surface area contributed by atoms with Crippen molar-refractivity contribution >= 4 is 40.0 Å². The highest BCUT2D eigenvalue weighted by Crippen LogP contribution is 2.39. The normalized spacial score (nSPS) is 13.8. The number of amides is 1. The number of methoxy groups -OCH3 is 2. The number of hydrogen-bond acceptors (Lipinski definition) is 8. The zero-order chi connectivity index (χ0) is 30.3. The first kappa shape index (κ1) is 30.7. The molecule has 1 aliphatic rings. The molecule has 0 bridgehead atoms. The third kappa shape index (κ3) is 7.08. The molecule has 8 nitrogen and oxygen atoms in total. The van der Waals surface area contributed by atoms with Gasteiger partial charge in [0.25, 0.3) is 0 Å². The van der Waals surface area contributed by atoms with Gasteiger partial charge in [0.1, 0.15) is 16.5 Å². The molecule has 226 valence electrons. The van der Waals surface area contributed by atoms with Crippen LogP contribution in [0.1, 0.15) is 60.3 Å². The Morgan fingerprint density at radius 3 is 2.21 bits per heavy atom. The molecule has 0 saturated heterocycles. The number of ether oxygens (including phenoxy) is 3. The lowest BCUT2D eigenvalue weighted by Gasteiger charge is -2.12. The number of carbonyl (C=O) groups is 2. The van der Waals surface area contributed by atoms with Crippen LogP contribution in [0.5, 0.6) is 11.5 Å². The monoisotopic (exact) mass is 619 g/mol. The van der Waals surface area contributed by atoms with Crippen molar-refractivity contribution in [2.24, 2.45) is 0 Å². The number of fused-ring (bicyclic) bond motifs is 1. The second-order valence-electron chi connectivity index (χ2n) is 10.3. The van der Waals surface area contributed by atoms with Crippen LogP contribution in [-0.2, 0) is 22.4 Å². The van der Waals surface area contributed by atoms with Gasteiger partial charge in [-0.1, -0.05) is 24.6 Å². The van der Waals surface area contributed by atoms with E-state index in [4.69, 9.17) is 19.2 Å². The van der Waals surface area contributed by atoms with Crippen molar-refractivity contribution in [1.29, 1.82) is 0 Å². The van der Waals surface area contributed by atoms with Gasteiger partial charge in [-0.05, 0) is 93.6 Å². The van der Waals surface area contributed by atoms with Crippen molar-refractivity contribution in [3.63, 3.8) is 0 Å². The summed E-state index contributed by atoms with van der Waals surface area (Å²) >= 11 is 2.85. The highest BCUT2D eigenvalue weighted by atomic mass is 32.2. The third-order valence-corrected chi connectivity index (χ3v) is 9.66. The average molecular weight is 620 g/mol. The molecule has 10 heteroatoms. The van der Waals surface area contributed by atoms with Crippen molar-refractivity contribution in [3.8, 4) is 34.0 Å². The topological polar surface area (TPSA) is 103 Å². The molecule has 0 radical (unpaired) electrons. The van der Waals surface area contributed by atoms with Gasteiger partial charge in [0.15, 0.2) is 5.16 Å². The Morgan fingerprint density at radius 1 is 0.953 bits per heavy atom. The van der Waals surface area contributed by atoms with Crippen LogP contribution in [-0.4, -0.2) is 47.9 Å². The van der Waals surface area contributed by atoms with E-state index in [0.29, 0.717) is 15.7 Å². The molecule has 2 heterocycles. The molecule has 1 aliphatic carbocycles. The Balaban J connectivity index is 1.41. The van der Waals surface area contributed by atoms with Gasteiger partial charge < -0.3 is 24.5 Å². The molecule has 2 aromatic heterocycles. The summed E-state index contributed by atoms with van der Waals surface area (Å²) in [6, 6.07) is 15.5. The Hall–Kier alpha value is -3.76. The molecule has 4 aromatic rings. The zero-order valence-electron chi connectivity index (χ0n) is 25.0. The summed E-state index contributed by atoms with van der Waals surface area (Å²) in [6.45, 7) is 3.93. The standard InChI is InChI=1S/C33H37N3O5S2/c1-5-41-32(38)27-25-10-8-6-7-9-11-26(25)43-31(27)36-30(37)20(2)42-33-34-28(21-12-16-23(39-3)17-13-21)29(35-33)22-14-18-24(40-4)19-15-22/h12-20H,5-11H2,1-4H3,(H,34,35)(H,36,37). The quantitative estimate of drug-likeness (QED) is 0.138. The molecule has 0 saturated carbocycles. The number of thioether (sulfide) groups is 1. The van der Waals surface area contributed by atoms with Crippen LogP contribution in [0, 0.1) is 0 Å². The summed E-state index contributed by atoms with van der Waals surface area (Å²) in [6.07, 6.45) is 6.19. The molecule has 0 aliphatic heterocycles. The van der Waals surface area contributed by atoms with E-state index in [0.717, 1.165) is 71.7 Å². The molecule has 2 N–H and O–H groups in total. The minimum absolute atomic E-state index is 0.196. The average Bonchev–Trinajstić information content (AvgIpc) is 3.58. The highest BCUT2D eigenvalue weighted by molar-refractivity contribution is 8.00. The van der Waals surface area contributed by atoms with Crippen molar-refractivity contribution in [3.05, 3.63) is 64.5 Å². The number of H-pyrrole nitrogens is 1. The van der Waals surface area contributed by atoms with Crippen molar-refractivity contribution in [2.45, 2.75) is 62.8 Å². The van der Waals surface area contributed by atoms with E-state index in [-0.39, 0.29) is 18.5 Å². The molecular weight excluding hydrogens is 583 g/mol. The van der Waals surface area contributed by atoms with Crippen molar-refractivity contribution in [1.82, 2.24) is 9.97 Å². The Kier molecular flexibility index (Phi) is 10.1. The number of imidazole rings is 1. The largest absolute Gasteiger partial charge is 0.497 e. The summed E-state index contributed by atoms with van der Waals surface area (Å²) in [4.78, 5) is 36.1. The summed E-state index contributed by atoms with van der Waals surface area (Å²) in [5.74, 6) is 0.959. The summed E-state index contributed by atoms with van der Waals surface area (Å²) in [5, 5.41) is 3.78. The Morgan fingerprint density at radius 2 is 1.58 bits per heavy atom. The summed E-state index contributed by atoms with van der Waals surface area (Å²) in [5.41, 5.74) is 5.03. The molecule has 43 heavy (non-hydrogen) atoms. The number of nitrogens with zero attached hydrogens (tertiary/aromatic N) is 1. The number of aryl methyl sites for hydroxylation is 1. The first-order valence-electron chi connectivity index (χ1n) is 14.6. The van der Waals surface area contributed by atoms with E-state index in [1.165, 1.54) is 34.4 Å². The number of nitrogens with one attached hydrogen (secondary N) is 2. The summed E-state index contributed by atoms with van der Waals surface area (Å²) < 4.78 is 16.1. The second-order valence-corrected chi connectivity index (χ2v) is 12.7. The first-order valence-corrected chi connectivity index (χ1v) is 16.3. The van der Waals surface area contributed by atoms with Gasteiger partial charge in [-0.15, -0.1) is 11.3 Å². The molecule has 2 aromatic carbocycles. The number of thiophene rings is 1. The number of carbonyl (C=O) groups excluding carboxylic acids is 2. The first-order chi connectivity index (χ1) is 20.9. The van der Waals surface area contributed by atoms with Crippen molar-refractivity contribution in [2.75, 3.05) is 26.1 Å². The number of anilines is 1. The van der Waals surface area contributed by atoms with Crippen LogP contribution in [0.2, 0.25) is 0 Å². The van der Waals surface area contributed by atoms with E-state index in [2.05, 4.69) is 10.3 Å². The van der Waals surface area contributed by atoms with E-state index in [9.17, 15) is 9.59 Å². The molecule has 0 fully saturated rings. The minimum atomic E-state index is -0.488. The lowest BCUT2D eigenvalue weighted by molar-refractivity contribution is -0.115. The van der Waals surface area contributed by atoms with Gasteiger partial charge in [0.05, 0.1) is 43.0 Å². The molecule has 0 spiro atoms. The van der Waals surface area contributed by atoms with Gasteiger partial charge in [-0.3, -0.25) is 4.79 Å². The fourth-order valence-corrected chi connectivity index (χ4v) is 7.28. The number of hydrogen-bond donors (Lipinski definition) is 2. The lowest BCUT2D eigenvalue weighted by atomic mass is 9.96. The predicted molar refractivity (Wildman–Crippen MR) is 173 cm³/mol. The van der Waals surface area contributed by atoms with Crippen LogP contribution >= 0.6 is 23.1 Å². The number of aromatic nitrogens is 2. The predicted octanol–water partition coefficient (Wildman–Crippen LogP) is 7.78. The fourth-order valence-electron chi connectivity index (χ4n) is 5.19. The summed E-state index contributed by atoms with van der Waals surface area (Å²) in [7, 11) is 3.27. The Bertz CT molecular complexity index is 1500. The maximum Gasteiger partial charge on any atom is 0.341 e. The highest BCUT2D eigenvalue weighted by Gasteiger charge is 2.28. The van der Waals surface area contributed by atoms with Crippen LogP contribution in [0.15, 0.2) is 53.7 Å². The maximum absolute atomic E-state index is 13.5. The SMILES string of the molecule is CCOC(=O)c1c(NC(=O)C(C)Sc2nc(-c3ccc(OC)cc3)c(-c3ccc(OC)cc3)[nH]2)sc2c1CCCCCC2. The van der Waals surface area contributed by atoms with E-state index in [1.54, 1.807) is 21.1 Å². The smallest absolute Gasteiger partial charge is 0.341 e. The fraction of sp³-hybridized carbons (Fsp3) is 0.364. The van der Waals surface area contributed by atoms with Crippen LogP contribution < -0.4 is 14.8 Å². The van der Waals surface area contributed by atoms with Gasteiger partial charge in [-0.25, -0.2) is 9.78 Å². The maximum atomic E-state index is 13.5. The van der Waals surface area contributed by atoms with Gasteiger partial charge in [0, 0.05) is 16.0 Å². The number of benzene rings is 2. The van der Waals surface area contributed by atoms with Crippen LogP contribution in [0.3, 0.4) is 0 Å². The molecule has 1 unspecified atom stereocenters. The van der Waals surface area contributed by atoms with Crippen LogP contribution in [0.4, 0.5) is 5.00 Å². The lowest BCUT2D eigenvalue weighted by Crippen LogP contribution is -2.23. The van der Waals surface area contributed by atoms with Crippen molar-refractivity contribution < 1.29 is 23.8 Å². The third-order valence-electron chi connectivity index (χ3n) is 7.47. The molecular formula is C33H37N3O5S2. The molecule has 1 atom stereocenters.